The van der Waals surface area contributed by atoms with E-state index in [2.05, 4.69) is 30.5 Å². The van der Waals surface area contributed by atoms with Crippen molar-refractivity contribution >= 4 is 0 Å². The van der Waals surface area contributed by atoms with Gasteiger partial charge in [-0.05, 0) is 24.1 Å². The van der Waals surface area contributed by atoms with Gasteiger partial charge in [0, 0.05) is 31.1 Å². The average molecular weight is 234 g/mol. The Morgan fingerprint density at radius 3 is 3.06 bits per heavy atom. The monoisotopic (exact) mass is 234 g/mol. The predicted octanol–water partition coefficient (Wildman–Crippen LogP) is 1.82. The predicted molar refractivity (Wildman–Crippen MR) is 70.3 cm³/mol. The molecule has 0 amide bonds. The third-order valence-electron chi connectivity index (χ3n) is 3.26. The third kappa shape index (κ3) is 2.99. The number of rotatable bonds is 4. The van der Waals surface area contributed by atoms with Crippen molar-refractivity contribution in [3.8, 4) is 5.75 Å². The second kappa shape index (κ2) is 5.52. The number of aromatic hydroxyl groups is 1. The molecule has 0 spiro atoms. The van der Waals surface area contributed by atoms with E-state index in [0.29, 0.717) is 17.6 Å². The second-order valence-corrected chi connectivity index (χ2v) is 5.22. The molecule has 0 radical (unpaired) electrons. The Hall–Kier alpha value is -1.06. The van der Waals surface area contributed by atoms with Crippen molar-refractivity contribution in [2.24, 2.45) is 5.92 Å². The second-order valence-electron chi connectivity index (χ2n) is 5.22. The topological polar surface area (TPSA) is 44.3 Å². The summed E-state index contributed by atoms with van der Waals surface area (Å²) in [7, 11) is 0. The van der Waals surface area contributed by atoms with Crippen LogP contribution in [0.2, 0.25) is 0 Å². The minimum Gasteiger partial charge on any atom is -0.508 e. The van der Waals surface area contributed by atoms with Gasteiger partial charge in [-0.3, -0.25) is 0 Å². The van der Waals surface area contributed by atoms with Gasteiger partial charge in [0.1, 0.15) is 5.75 Å². The highest BCUT2D eigenvalue weighted by Crippen LogP contribution is 2.29. The van der Waals surface area contributed by atoms with E-state index in [1.54, 1.807) is 6.07 Å². The van der Waals surface area contributed by atoms with E-state index in [9.17, 15) is 5.11 Å². The Bertz CT molecular complexity index is 376. The van der Waals surface area contributed by atoms with Crippen LogP contribution in [-0.2, 0) is 6.54 Å². The molecule has 1 heterocycles. The molecule has 0 saturated carbocycles. The fraction of sp³-hybridized carbons (Fsp3) is 0.571. The summed E-state index contributed by atoms with van der Waals surface area (Å²) in [4.78, 5) is 0. The SMILES string of the molecule is CC(C)CNCC1CNCc2c(O)cccc21. The fourth-order valence-electron chi connectivity index (χ4n) is 2.38. The first-order valence-electron chi connectivity index (χ1n) is 6.40. The first kappa shape index (κ1) is 12.4. The van der Waals surface area contributed by atoms with Crippen LogP contribution in [0.25, 0.3) is 0 Å². The maximum atomic E-state index is 9.83. The van der Waals surface area contributed by atoms with E-state index in [1.807, 2.05) is 6.07 Å². The highest BCUT2D eigenvalue weighted by atomic mass is 16.3. The number of phenolic OH excluding ortho intramolecular Hbond substituents is 1. The van der Waals surface area contributed by atoms with Gasteiger partial charge in [-0.15, -0.1) is 0 Å². The van der Waals surface area contributed by atoms with Gasteiger partial charge < -0.3 is 15.7 Å². The Balaban J connectivity index is 2.04. The molecule has 3 nitrogen and oxygen atoms in total. The molecule has 94 valence electrons. The molecule has 17 heavy (non-hydrogen) atoms. The van der Waals surface area contributed by atoms with E-state index in [4.69, 9.17) is 0 Å². The normalized spacial score (nSPS) is 19.4. The third-order valence-corrected chi connectivity index (χ3v) is 3.26. The molecule has 0 bridgehead atoms. The summed E-state index contributed by atoms with van der Waals surface area (Å²) in [5.74, 6) is 1.56. The molecule has 1 aliphatic heterocycles. The van der Waals surface area contributed by atoms with E-state index < -0.39 is 0 Å². The molecule has 0 saturated heterocycles. The molecule has 2 rings (SSSR count). The van der Waals surface area contributed by atoms with Gasteiger partial charge in [0.15, 0.2) is 0 Å². The van der Waals surface area contributed by atoms with Crippen LogP contribution in [0.4, 0.5) is 0 Å². The average Bonchev–Trinajstić information content (AvgIpc) is 2.30. The molecule has 3 heteroatoms. The van der Waals surface area contributed by atoms with Crippen LogP contribution in [0.3, 0.4) is 0 Å². The van der Waals surface area contributed by atoms with Gasteiger partial charge in [-0.2, -0.15) is 0 Å². The van der Waals surface area contributed by atoms with Crippen molar-refractivity contribution in [2.45, 2.75) is 26.3 Å². The number of hydrogen-bond donors (Lipinski definition) is 3. The summed E-state index contributed by atoms with van der Waals surface area (Å²) in [6, 6.07) is 5.84. The molecule has 0 fully saturated rings. The Morgan fingerprint density at radius 1 is 1.47 bits per heavy atom. The molecular formula is C14H22N2O. The van der Waals surface area contributed by atoms with Gasteiger partial charge >= 0.3 is 0 Å². The minimum absolute atomic E-state index is 0.420. The van der Waals surface area contributed by atoms with Crippen LogP contribution in [0, 0.1) is 5.92 Å². The lowest BCUT2D eigenvalue weighted by Crippen LogP contribution is -2.35. The zero-order valence-electron chi connectivity index (χ0n) is 10.7. The lowest BCUT2D eigenvalue weighted by Gasteiger charge is -2.27. The molecule has 1 atom stereocenters. The van der Waals surface area contributed by atoms with E-state index in [-0.39, 0.29) is 0 Å². The van der Waals surface area contributed by atoms with Crippen molar-refractivity contribution in [3.05, 3.63) is 29.3 Å². The van der Waals surface area contributed by atoms with E-state index in [1.165, 1.54) is 5.56 Å². The lowest BCUT2D eigenvalue weighted by atomic mass is 9.90. The number of hydrogen-bond acceptors (Lipinski definition) is 3. The Labute approximate surface area is 103 Å². The lowest BCUT2D eigenvalue weighted by molar-refractivity contribution is 0.439. The van der Waals surface area contributed by atoms with Crippen LogP contribution >= 0.6 is 0 Å². The van der Waals surface area contributed by atoms with Crippen LogP contribution in [0.1, 0.15) is 30.9 Å². The molecule has 0 aliphatic carbocycles. The maximum absolute atomic E-state index is 9.83. The van der Waals surface area contributed by atoms with Crippen LogP contribution in [-0.4, -0.2) is 24.7 Å². The van der Waals surface area contributed by atoms with Crippen molar-refractivity contribution in [2.75, 3.05) is 19.6 Å². The first-order chi connectivity index (χ1) is 8.18. The Kier molecular flexibility index (Phi) is 4.02. The molecule has 1 unspecified atom stereocenters. The van der Waals surface area contributed by atoms with E-state index in [0.717, 1.165) is 31.7 Å². The number of nitrogens with one attached hydrogen (secondary N) is 2. The molecule has 3 N–H and O–H groups in total. The highest BCUT2D eigenvalue weighted by Gasteiger charge is 2.21. The van der Waals surface area contributed by atoms with Crippen LogP contribution in [0.15, 0.2) is 18.2 Å². The number of fused-ring (bicyclic) bond motifs is 1. The number of phenols is 1. The summed E-state index contributed by atoms with van der Waals surface area (Å²) >= 11 is 0. The quantitative estimate of drug-likeness (QED) is 0.744. The molecular weight excluding hydrogens is 212 g/mol. The molecule has 1 aromatic carbocycles. The maximum Gasteiger partial charge on any atom is 0.120 e. The molecule has 1 aromatic rings. The minimum atomic E-state index is 0.420. The van der Waals surface area contributed by atoms with Gasteiger partial charge in [0.2, 0.25) is 0 Å². The van der Waals surface area contributed by atoms with Crippen molar-refractivity contribution in [1.82, 2.24) is 10.6 Å². The van der Waals surface area contributed by atoms with Gasteiger partial charge in [0.05, 0.1) is 0 Å². The van der Waals surface area contributed by atoms with Crippen molar-refractivity contribution in [1.29, 1.82) is 0 Å². The molecule has 1 aliphatic rings. The van der Waals surface area contributed by atoms with Gasteiger partial charge in [-0.25, -0.2) is 0 Å². The van der Waals surface area contributed by atoms with Crippen LogP contribution in [0.5, 0.6) is 5.75 Å². The summed E-state index contributed by atoms with van der Waals surface area (Å²) in [6.07, 6.45) is 0. The largest absolute Gasteiger partial charge is 0.508 e. The summed E-state index contributed by atoms with van der Waals surface area (Å²) in [5, 5.41) is 16.7. The Morgan fingerprint density at radius 2 is 2.29 bits per heavy atom. The summed E-state index contributed by atoms with van der Waals surface area (Å²) < 4.78 is 0. The smallest absolute Gasteiger partial charge is 0.120 e. The summed E-state index contributed by atoms with van der Waals surface area (Å²) in [5.41, 5.74) is 2.36. The standard InChI is InChI=1S/C14H22N2O/c1-10(2)6-15-7-11-8-16-9-13-12(11)4-3-5-14(13)17/h3-5,10-11,15-17H,6-9H2,1-2H3. The first-order valence-corrected chi connectivity index (χ1v) is 6.40. The fourth-order valence-corrected chi connectivity index (χ4v) is 2.38. The highest BCUT2D eigenvalue weighted by molar-refractivity contribution is 5.42. The van der Waals surface area contributed by atoms with Gasteiger partial charge in [0.25, 0.3) is 0 Å². The van der Waals surface area contributed by atoms with Crippen molar-refractivity contribution < 1.29 is 5.11 Å². The zero-order valence-corrected chi connectivity index (χ0v) is 10.7. The van der Waals surface area contributed by atoms with Crippen molar-refractivity contribution in [3.63, 3.8) is 0 Å². The van der Waals surface area contributed by atoms with Gasteiger partial charge in [-0.1, -0.05) is 26.0 Å². The van der Waals surface area contributed by atoms with E-state index >= 15 is 0 Å². The van der Waals surface area contributed by atoms with Crippen LogP contribution < -0.4 is 10.6 Å². The summed E-state index contributed by atoms with van der Waals surface area (Å²) in [6.45, 7) is 8.22. The molecule has 0 aromatic heterocycles. The zero-order chi connectivity index (χ0) is 12.3. The number of benzene rings is 1.